The number of anilines is 2. The van der Waals surface area contributed by atoms with Crippen LogP contribution in [0.1, 0.15) is 13.8 Å². The molecule has 1 aromatic rings. The summed E-state index contributed by atoms with van der Waals surface area (Å²) in [6.07, 6.45) is 0. The fourth-order valence-corrected chi connectivity index (χ4v) is 2.21. The van der Waals surface area contributed by atoms with Gasteiger partial charge in [0.15, 0.2) is 0 Å². The molecular formula is C13H20FN3. The maximum atomic E-state index is 13.4. The maximum absolute atomic E-state index is 13.4. The molecule has 0 aromatic heterocycles. The normalized spacial score (nSPS) is 17.8. The molecule has 1 heterocycles. The van der Waals surface area contributed by atoms with E-state index in [2.05, 4.69) is 23.6 Å². The fraction of sp³-hybridized carbons (Fsp3) is 0.538. The molecule has 94 valence electrons. The summed E-state index contributed by atoms with van der Waals surface area (Å²) in [5, 5.41) is 0. The molecule has 0 aliphatic carbocycles. The van der Waals surface area contributed by atoms with Gasteiger partial charge in [0.1, 0.15) is 5.82 Å². The Morgan fingerprint density at radius 1 is 1.18 bits per heavy atom. The van der Waals surface area contributed by atoms with Crippen LogP contribution in [-0.2, 0) is 0 Å². The van der Waals surface area contributed by atoms with Gasteiger partial charge in [-0.2, -0.15) is 0 Å². The van der Waals surface area contributed by atoms with Crippen LogP contribution in [-0.4, -0.2) is 37.1 Å². The van der Waals surface area contributed by atoms with Gasteiger partial charge in [-0.05, 0) is 32.0 Å². The van der Waals surface area contributed by atoms with Crippen LogP contribution >= 0.6 is 0 Å². The standard InChI is InChI=1S/C13H20FN3/c1-10(2)16-5-7-17(8-6-16)11-3-4-13(15)12(14)9-11/h3-4,9-10H,5-8,15H2,1-2H3. The van der Waals surface area contributed by atoms with E-state index in [9.17, 15) is 4.39 Å². The SMILES string of the molecule is CC(C)N1CCN(c2ccc(N)c(F)c2)CC1. The molecule has 17 heavy (non-hydrogen) atoms. The number of rotatable bonds is 2. The third-order valence-electron chi connectivity index (χ3n) is 3.39. The Balaban J connectivity index is 2.03. The van der Waals surface area contributed by atoms with Crippen molar-refractivity contribution in [3.05, 3.63) is 24.0 Å². The van der Waals surface area contributed by atoms with Crippen molar-refractivity contribution in [2.45, 2.75) is 19.9 Å². The van der Waals surface area contributed by atoms with Crippen molar-refractivity contribution in [1.82, 2.24) is 4.90 Å². The number of halogens is 1. The molecule has 0 atom stereocenters. The zero-order chi connectivity index (χ0) is 12.4. The van der Waals surface area contributed by atoms with E-state index < -0.39 is 0 Å². The van der Waals surface area contributed by atoms with Crippen molar-refractivity contribution in [2.24, 2.45) is 0 Å². The summed E-state index contributed by atoms with van der Waals surface area (Å²) < 4.78 is 13.4. The second kappa shape index (κ2) is 4.92. The maximum Gasteiger partial charge on any atom is 0.148 e. The van der Waals surface area contributed by atoms with Crippen molar-refractivity contribution < 1.29 is 4.39 Å². The minimum atomic E-state index is -0.325. The summed E-state index contributed by atoms with van der Waals surface area (Å²) in [6, 6.07) is 5.64. The van der Waals surface area contributed by atoms with Crippen LogP contribution in [0.3, 0.4) is 0 Å². The van der Waals surface area contributed by atoms with E-state index >= 15 is 0 Å². The summed E-state index contributed by atoms with van der Waals surface area (Å²) >= 11 is 0. The van der Waals surface area contributed by atoms with Gasteiger partial charge < -0.3 is 10.6 Å². The molecule has 0 amide bonds. The number of hydrogen-bond donors (Lipinski definition) is 1. The number of hydrogen-bond acceptors (Lipinski definition) is 3. The Hall–Kier alpha value is -1.29. The molecule has 0 saturated carbocycles. The first-order valence-electron chi connectivity index (χ1n) is 6.12. The van der Waals surface area contributed by atoms with Crippen molar-refractivity contribution in [1.29, 1.82) is 0 Å². The highest BCUT2D eigenvalue weighted by atomic mass is 19.1. The molecule has 2 N–H and O–H groups in total. The molecule has 1 aliphatic heterocycles. The second-order valence-corrected chi connectivity index (χ2v) is 4.82. The first kappa shape index (κ1) is 12.2. The van der Waals surface area contributed by atoms with Crippen molar-refractivity contribution in [2.75, 3.05) is 36.8 Å². The first-order valence-corrected chi connectivity index (χ1v) is 6.12. The van der Waals surface area contributed by atoms with E-state index in [1.54, 1.807) is 6.07 Å². The molecular weight excluding hydrogens is 217 g/mol. The molecule has 0 unspecified atom stereocenters. The lowest BCUT2D eigenvalue weighted by Crippen LogP contribution is -2.48. The van der Waals surface area contributed by atoms with Crippen LogP contribution in [0.15, 0.2) is 18.2 Å². The minimum Gasteiger partial charge on any atom is -0.396 e. The zero-order valence-electron chi connectivity index (χ0n) is 10.5. The second-order valence-electron chi connectivity index (χ2n) is 4.82. The number of nitrogens with two attached hydrogens (primary N) is 1. The van der Waals surface area contributed by atoms with Crippen molar-refractivity contribution in [3.63, 3.8) is 0 Å². The van der Waals surface area contributed by atoms with E-state index in [0.29, 0.717) is 6.04 Å². The predicted octanol–water partition coefficient (Wildman–Crippen LogP) is 1.94. The Morgan fingerprint density at radius 3 is 2.35 bits per heavy atom. The Morgan fingerprint density at radius 2 is 1.82 bits per heavy atom. The smallest absolute Gasteiger partial charge is 0.148 e. The number of piperazine rings is 1. The van der Waals surface area contributed by atoms with E-state index in [1.807, 2.05) is 6.07 Å². The van der Waals surface area contributed by atoms with Gasteiger partial charge in [0, 0.05) is 37.9 Å². The van der Waals surface area contributed by atoms with Gasteiger partial charge in [0.25, 0.3) is 0 Å². The van der Waals surface area contributed by atoms with Gasteiger partial charge in [-0.1, -0.05) is 0 Å². The van der Waals surface area contributed by atoms with Gasteiger partial charge in [-0.3, -0.25) is 4.90 Å². The monoisotopic (exact) mass is 237 g/mol. The number of nitrogen functional groups attached to an aromatic ring is 1. The van der Waals surface area contributed by atoms with E-state index in [-0.39, 0.29) is 11.5 Å². The highest BCUT2D eigenvalue weighted by Gasteiger charge is 2.19. The molecule has 1 fully saturated rings. The van der Waals surface area contributed by atoms with Gasteiger partial charge >= 0.3 is 0 Å². The molecule has 0 spiro atoms. The Kier molecular flexibility index (Phi) is 3.52. The molecule has 0 radical (unpaired) electrons. The van der Waals surface area contributed by atoms with Crippen LogP contribution in [0.25, 0.3) is 0 Å². The van der Waals surface area contributed by atoms with E-state index in [1.165, 1.54) is 6.07 Å². The lowest BCUT2D eigenvalue weighted by molar-refractivity contribution is 0.209. The largest absolute Gasteiger partial charge is 0.396 e. The number of benzene rings is 1. The lowest BCUT2D eigenvalue weighted by Gasteiger charge is -2.38. The molecule has 0 bridgehead atoms. The van der Waals surface area contributed by atoms with Gasteiger partial charge in [-0.25, -0.2) is 4.39 Å². The van der Waals surface area contributed by atoms with Crippen molar-refractivity contribution >= 4 is 11.4 Å². The van der Waals surface area contributed by atoms with Crippen molar-refractivity contribution in [3.8, 4) is 0 Å². The predicted molar refractivity (Wildman–Crippen MR) is 69.7 cm³/mol. The average molecular weight is 237 g/mol. The summed E-state index contributed by atoms with van der Waals surface area (Å²) in [6.45, 7) is 8.37. The van der Waals surface area contributed by atoms with Crippen LogP contribution in [0.5, 0.6) is 0 Å². The Labute approximate surface area is 102 Å². The minimum absolute atomic E-state index is 0.217. The third kappa shape index (κ3) is 2.69. The van der Waals surface area contributed by atoms with E-state index in [0.717, 1.165) is 31.9 Å². The van der Waals surface area contributed by atoms with Gasteiger partial charge in [0.05, 0.1) is 5.69 Å². The number of nitrogens with zero attached hydrogens (tertiary/aromatic N) is 2. The van der Waals surface area contributed by atoms with Gasteiger partial charge in [0.2, 0.25) is 0 Å². The average Bonchev–Trinajstić information content (AvgIpc) is 2.33. The van der Waals surface area contributed by atoms with Crippen LogP contribution in [0.2, 0.25) is 0 Å². The topological polar surface area (TPSA) is 32.5 Å². The van der Waals surface area contributed by atoms with Crippen LogP contribution < -0.4 is 10.6 Å². The third-order valence-corrected chi connectivity index (χ3v) is 3.39. The quantitative estimate of drug-likeness (QED) is 0.798. The Bertz CT molecular complexity index is 384. The molecule has 4 heteroatoms. The van der Waals surface area contributed by atoms with Crippen LogP contribution in [0, 0.1) is 5.82 Å². The lowest BCUT2D eigenvalue weighted by atomic mass is 10.2. The summed E-state index contributed by atoms with van der Waals surface area (Å²) in [4.78, 5) is 4.64. The summed E-state index contributed by atoms with van der Waals surface area (Å²) in [7, 11) is 0. The fourth-order valence-electron chi connectivity index (χ4n) is 2.21. The molecule has 3 nitrogen and oxygen atoms in total. The zero-order valence-corrected chi connectivity index (χ0v) is 10.5. The first-order chi connectivity index (χ1) is 8.08. The molecule has 1 aliphatic rings. The van der Waals surface area contributed by atoms with Gasteiger partial charge in [-0.15, -0.1) is 0 Å². The molecule has 2 rings (SSSR count). The van der Waals surface area contributed by atoms with E-state index in [4.69, 9.17) is 5.73 Å². The summed E-state index contributed by atoms with van der Waals surface area (Å²) in [5.74, 6) is -0.325. The highest BCUT2D eigenvalue weighted by Crippen LogP contribution is 2.21. The summed E-state index contributed by atoms with van der Waals surface area (Å²) in [5.41, 5.74) is 6.63. The molecule has 1 saturated heterocycles. The highest BCUT2D eigenvalue weighted by molar-refractivity contribution is 5.54. The molecule has 1 aromatic carbocycles. The van der Waals surface area contributed by atoms with Crippen LogP contribution in [0.4, 0.5) is 15.8 Å².